The minimum Gasteiger partial charge on any atom is -0.496 e. The Hall–Kier alpha value is -1.64. The van der Waals surface area contributed by atoms with Crippen molar-refractivity contribution >= 4 is 15.9 Å². The number of hydrogen-bond acceptors (Lipinski definition) is 5. The van der Waals surface area contributed by atoms with Gasteiger partial charge in [-0.15, -0.1) is 0 Å². The Morgan fingerprint density at radius 1 is 1.27 bits per heavy atom. The van der Waals surface area contributed by atoms with Crippen molar-refractivity contribution in [3.63, 3.8) is 0 Å². The van der Waals surface area contributed by atoms with Crippen molar-refractivity contribution in [3.05, 3.63) is 23.8 Å². The number of hydrogen-bond donors (Lipinski definition) is 1. The Morgan fingerprint density at radius 2 is 2.04 bits per heavy atom. The summed E-state index contributed by atoms with van der Waals surface area (Å²) in [5.41, 5.74) is 0.226. The molecule has 0 saturated carbocycles. The molecule has 2 aliphatic rings. The second kappa shape index (κ2) is 8.37. The monoisotopic (exact) mass is 382 g/mol. The molecule has 7 nitrogen and oxygen atoms in total. The Bertz CT molecular complexity index is 738. The van der Waals surface area contributed by atoms with E-state index >= 15 is 0 Å². The quantitative estimate of drug-likeness (QED) is 0.811. The number of carbonyl (C=O) groups is 1. The van der Waals surface area contributed by atoms with E-state index in [9.17, 15) is 13.2 Å². The van der Waals surface area contributed by atoms with E-state index in [1.807, 2.05) is 0 Å². The highest BCUT2D eigenvalue weighted by molar-refractivity contribution is 7.89. The summed E-state index contributed by atoms with van der Waals surface area (Å²) in [5.74, 6) is 0.000443. The van der Waals surface area contributed by atoms with Crippen LogP contribution in [0.1, 0.15) is 42.5 Å². The third-order valence-corrected chi connectivity index (χ3v) is 6.78. The molecule has 2 heterocycles. The number of carbonyl (C=O) groups excluding carboxylic acids is 1. The van der Waals surface area contributed by atoms with E-state index in [1.165, 1.54) is 29.6 Å². The Kier molecular flexibility index (Phi) is 6.16. The van der Waals surface area contributed by atoms with Gasteiger partial charge in [-0.1, -0.05) is 6.42 Å². The van der Waals surface area contributed by atoms with Gasteiger partial charge in [-0.25, -0.2) is 8.42 Å². The lowest BCUT2D eigenvalue weighted by Crippen LogP contribution is -2.36. The van der Waals surface area contributed by atoms with Crippen molar-refractivity contribution in [2.75, 3.05) is 33.4 Å². The minimum absolute atomic E-state index is 0.0187. The second-order valence-corrected chi connectivity index (χ2v) is 8.61. The van der Waals surface area contributed by atoms with E-state index in [2.05, 4.69) is 5.32 Å². The Morgan fingerprint density at radius 3 is 2.69 bits per heavy atom. The molecule has 1 N–H and O–H groups in total. The first-order chi connectivity index (χ1) is 12.5. The molecule has 144 valence electrons. The maximum absolute atomic E-state index is 12.9. The van der Waals surface area contributed by atoms with E-state index in [0.717, 1.165) is 32.1 Å². The highest BCUT2D eigenvalue weighted by atomic mass is 32.2. The van der Waals surface area contributed by atoms with Gasteiger partial charge in [0.15, 0.2) is 0 Å². The second-order valence-electron chi connectivity index (χ2n) is 6.67. The zero-order valence-corrected chi connectivity index (χ0v) is 15.9. The van der Waals surface area contributed by atoms with Crippen LogP contribution in [-0.4, -0.2) is 58.1 Å². The van der Waals surface area contributed by atoms with Gasteiger partial charge in [-0.05, 0) is 43.9 Å². The first-order valence-corrected chi connectivity index (χ1v) is 10.5. The van der Waals surface area contributed by atoms with Gasteiger partial charge >= 0.3 is 0 Å². The van der Waals surface area contributed by atoms with Crippen LogP contribution in [0.25, 0.3) is 0 Å². The fraction of sp³-hybridized carbons (Fsp3) is 0.611. The van der Waals surface area contributed by atoms with Crippen molar-refractivity contribution < 1.29 is 22.7 Å². The standard InChI is InChI=1S/C18H26N2O5S/c1-24-17-8-7-15(26(22,23)20-9-3-2-4-10-20)12-16(17)18(21)19-13-14-6-5-11-25-14/h7-8,12,14H,2-6,9-11,13H2,1H3,(H,19,21)/t14-/m0/s1. The van der Waals surface area contributed by atoms with Crippen molar-refractivity contribution in [3.8, 4) is 5.75 Å². The van der Waals surface area contributed by atoms with E-state index in [0.29, 0.717) is 32.0 Å². The summed E-state index contributed by atoms with van der Waals surface area (Å²) in [6.45, 7) is 2.17. The molecule has 0 radical (unpaired) electrons. The van der Waals surface area contributed by atoms with Gasteiger partial charge in [-0.2, -0.15) is 4.31 Å². The average Bonchev–Trinajstić information content (AvgIpc) is 3.20. The molecule has 1 amide bonds. The van der Waals surface area contributed by atoms with Crippen LogP contribution in [0.15, 0.2) is 23.1 Å². The van der Waals surface area contributed by atoms with E-state index in [4.69, 9.17) is 9.47 Å². The summed E-state index contributed by atoms with van der Waals surface area (Å²) < 4.78 is 38.0. The lowest BCUT2D eigenvalue weighted by Gasteiger charge is -2.26. The van der Waals surface area contributed by atoms with Gasteiger partial charge in [0.1, 0.15) is 5.75 Å². The molecule has 3 rings (SSSR count). The molecular weight excluding hydrogens is 356 g/mol. The van der Waals surface area contributed by atoms with Crippen LogP contribution in [0.2, 0.25) is 0 Å². The number of methoxy groups -OCH3 is 1. The van der Waals surface area contributed by atoms with Gasteiger partial charge in [0.25, 0.3) is 5.91 Å². The number of amides is 1. The number of piperidine rings is 1. The number of rotatable bonds is 6. The number of nitrogens with one attached hydrogen (secondary N) is 1. The van der Waals surface area contributed by atoms with Crippen molar-refractivity contribution in [2.45, 2.75) is 43.1 Å². The third kappa shape index (κ3) is 4.19. The molecule has 8 heteroatoms. The molecule has 0 aromatic heterocycles. The molecule has 26 heavy (non-hydrogen) atoms. The summed E-state index contributed by atoms with van der Waals surface area (Å²) >= 11 is 0. The molecule has 0 aliphatic carbocycles. The lowest BCUT2D eigenvalue weighted by atomic mass is 10.1. The topological polar surface area (TPSA) is 84.9 Å². The Balaban J connectivity index is 1.80. The summed E-state index contributed by atoms with van der Waals surface area (Å²) in [6.07, 6.45) is 4.71. The van der Waals surface area contributed by atoms with Crippen LogP contribution in [0.3, 0.4) is 0 Å². The fourth-order valence-corrected chi connectivity index (χ4v) is 4.93. The van der Waals surface area contributed by atoms with Crippen LogP contribution in [0.5, 0.6) is 5.75 Å². The van der Waals surface area contributed by atoms with Crippen LogP contribution in [0.4, 0.5) is 0 Å². The zero-order chi connectivity index (χ0) is 18.6. The predicted molar refractivity (Wildman–Crippen MR) is 96.9 cm³/mol. The van der Waals surface area contributed by atoms with Gasteiger partial charge in [-0.3, -0.25) is 4.79 Å². The van der Waals surface area contributed by atoms with E-state index in [-0.39, 0.29) is 22.5 Å². The molecule has 2 fully saturated rings. The first-order valence-electron chi connectivity index (χ1n) is 9.10. The molecule has 1 atom stereocenters. The maximum atomic E-state index is 12.9. The molecular formula is C18H26N2O5S. The number of nitrogens with zero attached hydrogens (tertiary/aromatic N) is 1. The van der Waals surface area contributed by atoms with Gasteiger partial charge in [0.2, 0.25) is 10.0 Å². The molecule has 0 bridgehead atoms. The zero-order valence-electron chi connectivity index (χ0n) is 15.1. The molecule has 2 saturated heterocycles. The number of ether oxygens (including phenoxy) is 2. The minimum atomic E-state index is -3.60. The summed E-state index contributed by atoms with van der Waals surface area (Å²) in [7, 11) is -2.14. The summed E-state index contributed by atoms with van der Waals surface area (Å²) in [4.78, 5) is 12.7. The smallest absolute Gasteiger partial charge is 0.255 e. The lowest BCUT2D eigenvalue weighted by molar-refractivity contribution is 0.0855. The molecule has 0 unspecified atom stereocenters. The fourth-order valence-electron chi connectivity index (χ4n) is 3.39. The molecule has 1 aromatic carbocycles. The largest absolute Gasteiger partial charge is 0.496 e. The van der Waals surface area contributed by atoms with Crippen molar-refractivity contribution in [2.24, 2.45) is 0 Å². The summed E-state index contributed by atoms with van der Waals surface area (Å²) in [6, 6.07) is 4.45. The molecule has 2 aliphatic heterocycles. The summed E-state index contributed by atoms with van der Waals surface area (Å²) in [5, 5.41) is 2.82. The van der Waals surface area contributed by atoms with Crippen molar-refractivity contribution in [1.29, 1.82) is 0 Å². The van der Waals surface area contributed by atoms with Gasteiger partial charge < -0.3 is 14.8 Å². The normalized spacial score (nSPS) is 21.5. The number of sulfonamides is 1. The number of benzene rings is 1. The highest BCUT2D eigenvalue weighted by Gasteiger charge is 2.28. The van der Waals surface area contributed by atoms with Crippen molar-refractivity contribution in [1.82, 2.24) is 9.62 Å². The first kappa shape index (κ1) is 19.1. The van der Waals surface area contributed by atoms with E-state index < -0.39 is 10.0 Å². The Labute approximate surface area is 154 Å². The van der Waals surface area contributed by atoms with Crippen LogP contribution >= 0.6 is 0 Å². The third-order valence-electron chi connectivity index (χ3n) is 4.88. The average molecular weight is 382 g/mol. The molecule has 1 aromatic rings. The maximum Gasteiger partial charge on any atom is 0.255 e. The van der Waals surface area contributed by atoms with Gasteiger partial charge in [0.05, 0.1) is 23.7 Å². The van der Waals surface area contributed by atoms with Crippen LogP contribution < -0.4 is 10.1 Å². The van der Waals surface area contributed by atoms with Gasteiger partial charge in [0, 0.05) is 26.2 Å². The van der Waals surface area contributed by atoms with E-state index in [1.54, 1.807) is 0 Å². The SMILES string of the molecule is COc1ccc(S(=O)(=O)N2CCCCC2)cc1C(=O)NC[C@@H]1CCCO1. The predicted octanol–water partition coefficient (Wildman–Crippen LogP) is 1.78. The highest BCUT2D eigenvalue weighted by Crippen LogP contribution is 2.26. The van der Waals surface area contributed by atoms with Crippen LogP contribution in [0, 0.1) is 0 Å². The van der Waals surface area contributed by atoms with Crippen LogP contribution in [-0.2, 0) is 14.8 Å². The molecule has 0 spiro atoms.